The van der Waals surface area contributed by atoms with Gasteiger partial charge in [0.15, 0.2) is 5.11 Å². The number of amides is 2. The Balaban J connectivity index is 2.34. The van der Waals surface area contributed by atoms with Crippen molar-refractivity contribution in [3.05, 3.63) is 58.2 Å². The zero-order valence-electron chi connectivity index (χ0n) is 11.3. The molecule has 112 valence electrons. The highest BCUT2D eigenvalue weighted by molar-refractivity contribution is 7.80. The van der Waals surface area contributed by atoms with E-state index in [-0.39, 0.29) is 22.9 Å². The van der Waals surface area contributed by atoms with E-state index in [0.29, 0.717) is 5.56 Å². The number of benzene rings is 1. The number of nitro groups is 1. The summed E-state index contributed by atoms with van der Waals surface area (Å²) >= 11 is 4.93. The molecule has 0 saturated carbocycles. The Morgan fingerprint density at radius 2 is 1.95 bits per heavy atom. The van der Waals surface area contributed by atoms with Crippen molar-refractivity contribution < 1.29 is 14.5 Å². The lowest BCUT2D eigenvalue weighted by Gasteiger charge is -2.27. The van der Waals surface area contributed by atoms with E-state index >= 15 is 0 Å². The number of carbonyl (C=O) groups is 2. The fourth-order valence-electron chi connectivity index (χ4n) is 1.85. The third-order valence-electron chi connectivity index (χ3n) is 2.91. The second kappa shape index (κ2) is 6.27. The number of nitro benzene ring substituents is 1. The van der Waals surface area contributed by atoms with E-state index in [9.17, 15) is 19.7 Å². The summed E-state index contributed by atoms with van der Waals surface area (Å²) in [7, 11) is 0. The van der Waals surface area contributed by atoms with Gasteiger partial charge in [-0.15, -0.1) is 6.58 Å². The smallest absolute Gasteiger partial charge is 0.269 e. The normalized spacial score (nSPS) is 16.6. The second-order valence-electron chi connectivity index (χ2n) is 4.37. The SMILES string of the molecule is C=CCN1C(=O)/C(=C/c2ccc([N+](=O)[O-])cc2)C(=O)NC1=S. The molecule has 1 N–H and O–H groups in total. The minimum atomic E-state index is -0.603. The molecule has 22 heavy (non-hydrogen) atoms. The van der Waals surface area contributed by atoms with Crippen LogP contribution < -0.4 is 5.32 Å². The molecule has 0 radical (unpaired) electrons. The maximum Gasteiger partial charge on any atom is 0.269 e. The number of nitrogens with one attached hydrogen (secondary N) is 1. The summed E-state index contributed by atoms with van der Waals surface area (Å²) in [4.78, 5) is 35.4. The van der Waals surface area contributed by atoms with Crippen LogP contribution in [0.1, 0.15) is 5.56 Å². The third kappa shape index (κ3) is 3.07. The minimum absolute atomic E-state index is 0.0238. The number of carbonyl (C=O) groups excluding carboxylic acids is 2. The Bertz CT molecular complexity index is 709. The minimum Gasteiger partial charge on any atom is -0.298 e. The van der Waals surface area contributed by atoms with Gasteiger partial charge in [0.1, 0.15) is 5.57 Å². The van der Waals surface area contributed by atoms with Crippen molar-refractivity contribution in [2.45, 2.75) is 0 Å². The fraction of sp³-hybridized carbons (Fsp3) is 0.0714. The first-order valence-corrected chi connectivity index (χ1v) is 6.59. The Kier molecular flexibility index (Phi) is 4.42. The van der Waals surface area contributed by atoms with Crippen molar-refractivity contribution in [1.29, 1.82) is 0 Å². The molecule has 8 heteroatoms. The molecular weight excluding hydrogens is 306 g/mol. The first kappa shape index (κ1) is 15.5. The lowest BCUT2D eigenvalue weighted by molar-refractivity contribution is -0.384. The molecule has 1 aromatic rings. The molecule has 2 rings (SSSR count). The van der Waals surface area contributed by atoms with Crippen molar-refractivity contribution in [2.24, 2.45) is 0 Å². The van der Waals surface area contributed by atoms with Crippen molar-refractivity contribution in [3.63, 3.8) is 0 Å². The van der Waals surface area contributed by atoms with Gasteiger partial charge in [-0.25, -0.2) is 0 Å². The molecule has 0 aliphatic carbocycles. The van der Waals surface area contributed by atoms with E-state index in [1.807, 2.05) is 0 Å². The van der Waals surface area contributed by atoms with Crippen molar-refractivity contribution >= 4 is 40.9 Å². The summed E-state index contributed by atoms with van der Waals surface area (Å²) in [6.45, 7) is 3.70. The number of thiocarbonyl (C=S) groups is 1. The maximum atomic E-state index is 12.3. The van der Waals surface area contributed by atoms with Crippen LogP contribution in [0.3, 0.4) is 0 Å². The van der Waals surface area contributed by atoms with Crippen LogP contribution >= 0.6 is 12.2 Å². The number of non-ortho nitro benzene ring substituents is 1. The van der Waals surface area contributed by atoms with Gasteiger partial charge < -0.3 is 0 Å². The quantitative estimate of drug-likeness (QED) is 0.226. The van der Waals surface area contributed by atoms with Gasteiger partial charge >= 0.3 is 0 Å². The van der Waals surface area contributed by atoms with Crippen LogP contribution in [-0.2, 0) is 9.59 Å². The number of rotatable bonds is 4. The summed E-state index contributed by atoms with van der Waals surface area (Å²) in [6.07, 6.45) is 2.85. The van der Waals surface area contributed by atoms with E-state index in [2.05, 4.69) is 11.9 Å². The fourth-order valence-corrected chi connectivity index (χ4v) is 2.10. The number of hydrogen-bond acceptors (Lipinski definition) is 5. The summed E-state index contributed by atoms with van der Waals surface area (Å²) in [5.74, 6) is -1.14. The van der Waals surface area contributed by atoms with Crippen LogP contribution in [-0.4, -0.2) is 33.3 Å². The van der Waals surface area contributed by atoms with Crippen LogP contribution in [0.4, 0.5) is 5.69 Å². The molecular formula is C14H11N3O4S. The van der Waals surface area contributed by atoms with Crippen LogP contribution in [0.5, 0.6) is 0 Å². The highest BCUT2D eigenvalue weighted by atomic mass is 32.1. The molecule has 0 unspecified atom stereocenters. The highest BCUT2D eigenvalue weighted by Gasteiger charge is 2.32. The van der Waals surface area contributed by atoms with Gasteiger partial charge in [-0.2, -0.15) is 0 Å². The molecule has 2 amide bonds. The lowest BCUT2D eigenvalue weighted by atomic mass is 10.1. The first-order chi connectivity index (χ1) is 10.4. The predicted molar refractivity (Wildman–Crippen MR) is 83.7 cm³/mol. The molecule has 1 heterocycles. The average molecular weight is 317 g/mol. The topological polar surface area (TPSA) is 92.6 Å². The van der Waals surface area contributed by atoms with Gasteiger partial charge in [-0.1, -0.05) is 6.08 Å². The molecule has 1 saturated heterocycles. The third-order valence-corrected chi connectivity index (χ3v) is 3.23. The Labute approximate surface area is 131 Å². The molecule has 0 spiro atoms. The summed E-state index contributed by atoms with van der Waals surface area (Å²) in [5.41, 5.74) is 0.329. The summed E-state index contributed by atoms with van der Waals surface area (Å²) in [6, 6.07) is 5.50. The lowest BCUT2D eigenvalue weighted by Crippen LogP contribution is -2.53. The van der Waals surface area contributed by atoms with Gasteiger partial charge in [0.2, 0.25) is 0 Å². The number of nitrogens with zero attached hydrogens (tertiary/aromatic N) is 2. The summed E-state index contributed by atoms with van der Waals surface area (Å²) < 4.78 is 0. The van der Waals surface area contributed by atoms with Gasteiger partial charge in [0, 0.05) is 18.7 Å². The molecule has 1 aliphatic rings. The Morgan fingerprint density at radius 1 is 1.32 bits per heavy atom. The van der Waals surface area contributed by atoms with Gasteiger partial charge in [0.05, 0.1) is 4.92 Å². The molecule has 0 bridgehead atoms. The standard InChI is InChI=1S/C14H11N3O4S/c1-2-7-16-13(19)11(12(18)15-14(16)22)8-9-3-5-10(6-4-9)17(20)21/h2-6,8H,1,7H2,(H,15,18,22)/b11-8+. The maximum absolute atomic E-state index is 12.3. The van der Waals surface area contributed by atoms with Crippen LogP contribution in [0.15, 0.2) is 42.5 Å². The van der Waals surface area contributed by atoms with Crippen LogP contribution in [0, 0.1) is 10.1 Å². The van der Waals surface area contributed by atoms with Crippen LogP contribution in [0.25, 0.3) is 6.08 Å². The van der Waals surface area contributed by atoms with Crippen molar-refractivity contribution in [2.75, 3.05) is 6.54 Å². The van der Waals surface area contributed by atoms with Gasteiger partial charge in [-0.05, 0) is 36.0 Å². The average Bonchev–Trinajstić information content (AvgIpc) is 2.48. The van der Waals surface area contributed by atoms with E-state index in [0.717, 1.165) is 0 Å². The second-order valence-corrected chi connectivity index (χ2v) is 4.76. The molecule has 1 aliphatic heterocycles. The van der Waals surface area contributed by atoms with E-state index < -0.39 is 16.7 Å². The van der Waals surface area contributed by atoms with E-state index in [1.54, 1.807) is 0 Å². The summed E-state index contributed by atoms with van der Waals surface area (Å²) in [5, 5.41) is 13.0. The monoisotopic (exact) mass is 317 g/mol. The molecule has 7 nitrogen and oxygen atoms in total. The van der Waals surface area contributed by atoms with Gasteiger partial charge in [0.25, 0.3) is 17.5 Å². The van der Waals surface area contributed by atoms with E-state index in [4.69, 9.17) is 12.2 Å². The molecule has 0 aromatic heterocycles. The van der Waals surface area contributed by atoms with Crippen LogP contribution in [0.2, 0.25) is 0 Å². The van der Waals surface area contributed by atoms with E-state index in [1.165, 1.54) is 41.3 Å². The largest absolute Gasteiger partial charge is 0.298 e. The Morgan fingerprint density at radius 3 is 2.50 bits per heavy atom. The molecule has 0 atom stereocenters. The molecule has 1 fully saturated rings. The molecule has 1 aromatic carbocycles. The zero-order chi connectivity index (χ0) is 16.3. The number of hydrogen-bond donors (Lipinski definition) is 1. The van der Waals surface area contributed by atoms with Crippen molar-refractivity contribution in [3.8, 4) is 0 Å². The Hall–Kier alpha value is -2.87. The van der Waals surface area contributed by atoms with Crippen molar-refractivity contribution in [1.82, 2.24) is 10.2 Å². The van der Waals surface area contributed by atoms with Gasteiger partial charge in [-0.3, -0.25) is 29.9 Å². The predicted octanol–water partition coefficient (Wildman–Crippen LogP) is 1.41. The zero-order valence-corrected chi connectivity index (χ0v) is 12.1. The highest BCUT2D eigenvalue weighted by Crippen LogP contribution is 2.17. The first-order valence-electron chi connectivity index (χ1n) is 6.18.